The third-order valence-corrected chi connectivity index (χ3v) is 2.71. The predicted molar refractivity (Wildman–Crippen MR) is 61.1 cm³/mol. The molecule has 0 aromatic heterocycles. The van der Waals surface area contributed by atoms with Gasteiger partial charge in [-0.15, -0.1) is 0 Å². The van der Waals surface area contributed by atoms with Gasteiger partial charge in [0.15, 0.2) is 0 Å². The molecule has 2 nitrogen and oxygen atoms in total. The molecule has 0 aliphatic carbocycles. The molecule has 0 saturated carbocycles. The zero-order valence-corrected chi connectivity index (χ0v) is 8.82. The summed E-state index contributed by atoms with van der Waals surface area (Å²) in [6.45, 7) is 2.91. The van der Waals surface area contributed by atoms with Crippen molar-refractivity contribution in [3.05, 3.63) is 35.9 Å². The first-order chi connectivity index (χ1) is 6.75. The Morgan fingerprint density at radius 3 is 2.43 bits per heavy atom. The number of rotatable bonds is 5. The van der Waals surface area contributed by atoms with Gasteiger partial charge >= 0.3 is 0 Å². The number of benzene rings is 1. The molecule has 2 unspecified atom stereocenters. The molecule has 0 radical (unpaired) electrons. The van der Waals surface area contributed by atoms with Gasteiger partial charge in [-0.25, -0.2) is 0 Å². The fourth-order valence-corrected chi connectivity index (χ4v) is 1.61. The molecule has 1 aromatic carbocycles. The van der Waals surface area contributed by atoms with Crippen molar-refractivity contribution in [2.24, 2.45) is 11.5 Å². The highest BCUT2D eigenvalue weighted by molar-refractivity contribution is 5.20. The SMILES string of the molecule is CC(c1ccccc1)C(N)CCCN. The Balaban J connectivity index is 2.52. The molecular weight excluding hydrogens is 172 g/mol. The number of hydrogen-bond acceptors (Lipinski definition) is 2. The molecule has 4 N–H and O–H groups in total. The van der Waals surface area contributed by atoms with Crippen molar-refractivity contribution in [2.75, 3.05) is 6.54 Å². The average molecular weight is 192 g/mol. The summed E-state index contributed by atoms with van der Waals surface area (Å²) >= 11 is 0. The fraction of sp³-hybridized carbons (Fsp3) is 0.500. The molecule has 0 heterocycles. The van der Waals surface area contributed by atoms with Crippen molar-refractivity contribution in [1.82, 2.24) is 0 Å². The van der Waals surface area contributed by atoms with Crippen LogP contribution in [0.3, 0.4) is 0 Å². The van der Waals surface area contributed by atoms with E-state index in [9.17, 15) is 0 Å². The van der Waals surface area contributed by atoms with Crippen LogP contribution in [0.1, 0.15) is 31.2 Å². The second kappa shape index (κ2) is 5.78. The summed E-state index contributed by atoms with van der Waals surface area (Å²) in [7, 11) is 0. The highest BCUT2D eigenvalue weighted by Gasteiger charge is 2.13. The van der Waals surface area contributed by atoms with Crippen molar-refractivity contribution in [3.8, 4) is 0 Å². The van der Waals surface area contributed by atoms with Gasteiger partial charge < -0.3 is 11.5 Å². The maximum atomic E-state index is 6.08. The Labute approximate surface area is 86.3 Å². The quantitative estimate of drug-likeness (QED) is 0.748. The molecule has 0 saturated heterocycles. The highest BCUT2D eigenvalue weighted by Crippen LogP contribution is 2.19. The smallest absolute Gasteiger partial charge is 0.0106 e. The Morgan fingerprint density at radius 1 is 1.21 bits per heavy atom. The molecule has 14 heavy (non-hydrogen) atoms. The topological polar surface area (TPSA) is 52.0 Å². The molecule has 0 amide bonds. The summed E-state index contributed by atoms with van der Waals surface area (Å²) in [5.41, 5.74) is 12.9. The van der Waals surface area contributed by atoms with Crippen LogP contribution in [-0.2, 0) is 0 Å². The summed E-state index contributed by atoms with van der Waals surface area (Å²) < 4.78 is 0. The molecule has 1 rings (SSSR count). The molecule has 0 aliphatic rings. The van der Waals surface area contributed by atoms with E-state index in [0.29, 0.717) is 5.92 Å². The first-order valence-electron chi connectivity index (χ1n) is 5.26. The van der Waals surface area contributed by atoms with Crippen molar-refractivity contribution in [3.63, 3.8) is 0 Å². The van der Waals surface area contributed by atoms with Gasteiger partial charge in [0.05, 0.1) is 0 Å². The van der Waals surface area contributed by atoms with Crippen LogP contribution in [0, 0.1) is 0 Å². The van der Waals surface area contributed by atoms with Crippen molar-refractivity contribution >= 4 is 0 Å². The summed E-state index contributed by atoms with van der Waals surface area (Å²) in [4.78, 5) is 0. The molecule has 0 fully saturated rings. The predicted octanol–water partition coefficient (Wildman–Crippen LogP) is 1.86. The Kier molecular flexibility index (Phi) is 4.63. The van der Waals surface area contributed by atoms with Gasteiger partial charge in [0.2, 0.25) is 0 Å². The second-order valence-corrected chi connectivity index (χ2v) is 3.79. The van der Waals surface area contributed by atoms with Gasteiger partial charge in [-0.2, -0.15) is 0 Å². The summed E-state index contributed by atoms with van der Waals surface area (Å²) in [5.74, 6) is 0.419. The zero-order chi connectivity index (χ0) is 10.4. The molecule has 0 spiro atoms. The minimum absolute atomic E-state index is 0.223. The van der Waals surface area contributed by atoms with Gasteiger partial charge in [-0.05, 0) is 30.9 Å². The third-order valence-electron chi connectivity index (χ3n) is 2.71. The summed E-state index contributed by atoms with van der Waals surface area (Å²) in [6.07, 6.45) is 2.02. The fourth-order valence-electron chi connectivity index (χ4n) is 1.61. The summed E-state index contributed by atoms with van der Waals surface area (Å²) in [6, 6.07) is 10.6. The van der Waals surface area contributed by atoms with E-state index in [-0.39, 0.29) is 6.04 Å². The van der Waals surface area contributed by atoms with Crippen LogP contribution < -0.4 is 11.5 Å². The normalized spacial score (nSPS) is 15.1. The molecule has 0 bridgehead atoms. The van der Waals surface area contributed by atoms with E-state index >= 15 is 0 Å². The number of nitrogens with two attached hydrogens (primary N) is 2. The maximum absolute atomic E-state index is 6.08. The molecular formula is C12H20N2. The zero-order valence-electron chi connectivity index (χ0n) is 8.82. The third kappa shape index (κ3) is 3.13. The first kappa shape index (κ1) is 11.2. The van der Waals surface area contributed by atoms with Gasteiger partial charge in [0.25, 0.3) is 0 Å². The van der Waals surface area contributed by atoms with Crippen molar-refractivity contribution < 1.29 is 0 Å². The van der Waals surface area contributed by atoms with Crippen LogP contribution in [0.2, 0.25) is 0 Å². The molecule has 0 aliphatic heterocycles. The van der Waals surface area contributed by atoms with Crippen LogP contribution in [0.25, 0.3) is 0 Å². The van der Waals surface area contributed by atoms with E-state index in [4.69, 9.17) is 11.5 Å². The van der Waals surface area contributed by atoms with Gasteiger partial charge in [0.1, 0.15) is 0 Å². The van der Waals surface area contributed by atoms with Gasteiger partial charge in [-0.3, -0.25) is 0 Å². The van der Waals surface area contributed by atoms with E-state index < -0.39 is 0 Å². The van der Waals surface area contributed by atoms with Crippen LogP contribution >= 0.6 is 0 Å². The van der Waals surface area contributed by atoms with Gasteiger partial charge in [-0.1, -0.05) is 37.3 Å². The van der Waals surface area contributed by atoms with Crippen molar-refractivity contribution in [2.45, 2.75) is 31.7 Å². The highest BCUT2D eigenvalue weighted by atomic mass is 14.6. The molecule has 2 heteroatoms. The molecule has 2 atom stereocenters. The van der Waals surface area contributed by atoms with Crippen LogP contribution in [0.5, 0.6) is 0 Å². The lowest BCUT2D eigenvalue weighted by molar-refractivity contribution is 0.514. The standard InChI is InChI=1S/C12H20N2/c1-10(12(14)8-5-9-13)11-6-3-2-4-7-11/h2-4,6-7,10,12H,5,8-9,13-14H2,1H3. The number of hydrogen-bond donors (Lipinski definition) is 2. The first-order valence-corrected chi connectivity index (χ1v) is 5.26. The van der Waals surface area contributed by atoms with E-state index in [1.165, 1.54) is 5.56 Å². The van der Waals surface area contributed by atoms with E-state index in [2.05, 4.69) is 31.2 Å². The second-order valence-electron chi connectivity index (χ2n) is 3.79. The lowest BCUT2D eigenvalue weighted by Gasteiger charge is -2.19. The molecule has 78 valence electrons. The largest absolute Gasteiger partial charge is 0.330 e. The lowest BCUT2D eigenvalue weighted by Crippen LogP contribution is -2.27. The monoisotopic (exact) mass is 192 g/mol. The van der Waals surface area contributed by atoms with E-state index in [0.717, 1.165) is 19.4 Å². The van der Waals surface area contributed by atoms with Crippen LogP contribution in [0.15, 0.2) is 30.3 Å². The maximum Gasteiger partial charge on any atom is 0.0106 e. The van der Waals surface area contributed by atoms with Gasteiger partial charge in [0, 0.05) is 6.04 Å². The van der Waals surface area contributed by atoms with E-state index in [1.807, 2.05) is 6.07 Å². The van der Waals surface area contributed by atoms with Crippen LogP contribution in [-0.4, -0.2) is 12.6 Å². The Bertz CT molecular complexity index is 246. The van der Waals surface area contributed by atoms with Crippen molar-refractivity contribution in [1.29, 1.82) is 0 Å². The molecule has 1 aromatic rings. The summed E-state index contributed by atoms with van der Waals surface area (Å²) in [5, 5.41) is 0. The minimum Gasteiger partial charge on any atom is -0.330 e. The lowest BCUT2D eigenvalue weighted by atomic mass is 9.91. The van der Waals surface area contributed by atoms with E-state index in [1.54, 1.807) is 0 Å². The Hall–Kier alpha value is -0.860. The van der Waals surface area contributed by atoms with Crippen LogP contribution in [0.4, 0.5) is 0 Å². The average Bonchev–Trinajstić information content (AvgIpc) is 2.26. The minimum atomic E-state index is 0.223. The Morgan fingerprint density at radius 2 is 1.86 bits per heavy atom.